The van der Waals surface area contributed by atoms with Crippen LogP contribution in [-0.4, -0.2) is 33.4 Å². The SMILES string of the molecule is Cc1ccccc1-c1nnc(S[C@H](C)C(=O)NC(=O)NC2CCCCC2)o1. The Morgan fingerprint density at radius 1 is 1.19 bits per heavy atom. The number of urea groups is 1. The van der Waals surface area contributed by atoms with E-state index in [4.69, 9.17) is 4.42 Å². The molecule has 0 spiro atoms. The van der Waals surface area contributed by atoms with Crippen molar-refractivity contribution in [2.45, 2.75) is 62.5 Å². The molecule has 1 atom stereocenters. The predicted octanol–water partition coefficient (Wildman–Crippen LogP) is 3.68. The van der Waals surface area contributed by atoms with Gasteiger partial charge < -0.3 is 9.73 Å². The third kappa shape index (κ3) is 5.32. The monoisotopic (exact) mass is 388 g/mol. The van der Waals surface area contributed by atoms with Crippen LogP contribution in [0.15, 0.2) is 33.9 Å². The number of carbonyl (C=O) groups excluding carboxylic acids is 2. The van der Waals surface area contributed by atoms with Gasteiger partial charge in [-0.3, -0.25) is 10.1 Å². The average molecular weight is 388 g/mol. The highest BCUT2D eigenvalue weighted by Crippen LogP contribution is 2.27. The third-order valence-corrected chi connectivity index (χ3v) is 5.54. The second kappa shape index (κ2) is 9.03. The molecule has 7 nitrogen and oxygen atoms in total. The Kier molecular flexibility index (Phi) is 6.49. The molecule has 3 rings (SSSR count). The van der Waals surface area contributed by atoms with Gasteiger partial charge in [0.15, 0.2) is 0 Å². The minimum Gasteiger partial charge on any atom is -0.411 e. The number of nitrogens with zero attached hydrogens (tertiary/aromatic N) is 2. The van der Waals surface area contributed by atoms with Crippen LogP contribution in [0.3, 0.4) is 0 Å². The van der Waals surface area contributed by atoms with E-state index >= 15 is 0 Å². The molecule has 3 amide bonds. The van der Waals surface area contributed by atoms with Gasteiger partial charge in [-0.25, -0.2) is 4.79 Å². The molecule has 0 saturated heterocycles. The Bertz CT molecular complexity index is 802. The molecule has 1 heterocycles. The van der Waals surface area contributed by atoms with E-state index in [0.29, 0.717) is 11.1 Å². The average Bonchev–Trinajstić information content (AvgIpc) is 3.11. The molecule has 0 unspecified atom stereocenters. The summed E-state index contributed by atoms with van der Waals surface area (Å²) in [6.45, 7) is 3.67. The fraction of sp³-hybridized carbons (Fsp3) is 0.474. The van der Waals surface area contributed by atoms with Gasteiger partial charge in [-0.05, 0) is 38.3 Å². The number of amides is 3. The van der Waals surface area contributed by atoms with Gasteiger partial charge in [-0.2, -0.15) is 0 Å². The number of carbonyl (C=O) groups is 2. The van der Waals surface area contributed by atoms with Crippen LogP contribution in [0.2, 0.25) is 0 Å². The van der Waals surface area contributed by atoms with Crippen molar-refractivity contribution in [2.24, 2.45) is 0 Å². The lowest BCUT2D eigenvalue weighted by Gasteiger charge is -2.22. The summed E-state index contributed by atoms with van der Waals surface area (Å²) in [5.74, 6) is 0.0298. The highest BCUT2D eigenvalue weighted by atomic mass is 32.2. The maximum Gasteiger partial charge on any atom is 0.321 e. The van der Waals surface area contributed by atoms with Gasteiger partial charge >= 0.3 is 6.03 Å². The first-order valence-electron chi connectivity index (χ1n) is 9.20. The van der Waals surface area contributed by atoms with E-state index in [2.05, 4.69) is 20.8 Å². The van der Waals surface area contributed by atoms with Crippen LogP contribution in [0.25, 0.3) is 11.5 Å². The Hall–Kier alpha value is -2.35. The molecule has 0 radical (unpaired) electrons. The summed E-state index contributed by atoms with van der Waals surface area (Å²) in [6, 6.07) is 7.43. The minimum absolute atomic E-state index is 0.155. The van der Waals surface area contributed by atoms with Gasteiger partial charge in [-0.15, -0.1) is 10.2 Å². The number of aromatic nitrogens is 2. The highest BCUT2D eigenvalue weighted by molar-refractivity contribution is 8.00. The van der Waals surface area contributed by atoms with Crippen LogP contribution in [-0.2, 0) is 4.79 Å². The van der Waals surface area contributed by atoms with E-state index in [0.717, 1.165) is 48.6 Å². The van der Waals surface area contributed by atoms with E-state index in [1.54, 1.807) is 6.92 Å². The topological polar surface area (TPSA) is 97.1 Å². The van der Waals surface area contributed by atoms with Crippen molar-refractivity contribution in [1.82, 2.24) is 20.8 Å². The molecule has 2 N–H and O–H groups in total. The molecule has 144 valence electrons. The number of hydrogen-bond acceptors (Lipinski definition) is 6. The van der Waals surface area contributed by atoms with Gasteiger partial charge in [0.05, 0.1) is 5.25 Å². The zero-order valence-electron chi connectivity index (χ0n) is 15.5. The van der Waals surface area contributed by atoms with Crippen molar-refractivity contribution < 1.29 is 14.0 Å². The van der Waals surface area contributed by atoms with Gasteiger partial charge in [-0.1, -0.05) is 49.2 Å². The second-order valence-electron chi connectivity index (χ2n) is 6.75. The normalized spacial score (nSPS) is 15.9. The van der Waals surface area contributed by atoms with Gasteiger partial charge in [0.25, 0.3) is 5.22 Å². The summed E-state index contributed by atoms with van der Waals surface area (Å²) >= 11 is 1.13. The standard InChI is InChI=1S/C19H24N4O3S/c1-12-8-6-7-11-15(12)17-22-23-19(26-17)27-13(2)16(24)21-18(25)20-14-9-4-3-5-10-14/h6-8,11,13-14H,3-5,9-10H2,1-2H3,(H2,20,21,24,25)/t13-/m1/s1. The van der Waals surface area contributed by atoms with E-state index in [-0.39, 0.29) is 11.9 Å². The molecule has 27 heavy (non-hydrogen) atoms. The van der Waals surface area contributed by atoms with Crippen LogP contribution in [0, 0.1) is 6.92 Å². The molecule has 1 aliphatic carbocycles. The van der Waals surface area contributed by atoms with Crippen LogP contribution < -0.4 is 10.6 Å². The zero-order chi connectivity index (χ0) is 19.2. The predicted molar refractivity (Wildman–Crippen MR) is 103 cm³/mol. The Morgan fingerprint density at radius 2 is 1.93 bits per heavy atom. The molecule has 1 aromatic heterocycles. The van der Waals surface area contributed by atoms with E-state index < -0.39 is 11.3 Å². The van der Waals surface area contributed by atoms with Crippen LogP contribution in [0.5, 0.6) is 0 Å². The molecule has 1 aliphatic rings. The van der Waals surface area contributed by atoms with Gasteiger partial charge in [0.1, 0.15) is 0 Å². The van der Waals surface area contributed by atoms with Crippen LogP contribution in [0.4, 0.5) is 4.79 Å². The van der Waals surface area contributed by atoms with Crippen molar-refractivity contribution in [3.63, 3.8) is 0 Å². The number of nitrogens with one attached hydrogen (secondary N) is 2. The molecular formula is C19H24N4O3S. The fourth-order valence-corrected chi connectivity index (χ4v) is 3.75. The maximum atomic E-state index is 12.2. The first-order valence-corrected chi connectivity index (χ1v) is 10.1. The molecule has 8 heteroatoms. The number of aryl methyl sites for hydroxylation is 1. The summed E-state index contributed by atoms with van der Waals surface area (Å²) < 4.78 is 5.66. The van der Waals surface area contributed by atoms with E-state index in [1.165, 1.54) is 6.42 Å². The Labute approximate surface area is 162 Å². The van der Waals surface area contributed by atoms with Crippen LogP contribution >= 0.6 is 11.8 Å². The maximum absolute atomic E-state index is 12.2. The molecule has 1 fully saturated rings. The number of benzene rings is 1. The van der Waals surface area contributed by atoms with Crippen molar-refractivity contribution >= 4 is 23.7 Å². The lowest BCUT2D eigenvalue weighted by atomic mass is 9.96. The van der Waals surface area contributed by atoms with Crippen molar-refractivity contribution in [1.29, 1.82) is 0 Å². The molecule has 2 aromatic rings. The van der Waals surface area contributed by atoms with E-state index in [9.17, 15) is 9.59 Å². The first kappa shape index (κ1) is 19.4. The summed E-state index contributed by atoms with van der Waals surface area (Å²) in [4.78, 5) is 24.2. The minimum atomic E-state index is -0.535. The van der Waals surface area contributed by atoms with Gasteiger partial charge in [0, 0.05) is 11.6 Å². The second-order valence-corrected chi connectivity index (χ2v) is 8.04. The van der Waals surface area contributed by atoms with E-state index in [1.807, 2.05) is 31.2 Å². The fourth-order valence-electron chi connectivity index (χ4n) is 3.07. The summed E-state index contributed by atoms with van der Waals surface area (Å²) in [5.41, 5.74) is 1.89. The zero-order valence-corrected chi connectivity index (χ0v) is 16.3. The number of imide groups is 1. The number of rotatable bonds is 5. The lowest BCUT2D eigenvalue weighted by Crippen LogP contribution is -2.47. The first-order chi connectivity index (χ1) is 13.0. The van der Waals surface area contributed by atoms with Gasteiger partial charge in [0.2, 0.25) is 11.8 Å². The lowest BCUT2D eigenvalue weighted by molar-refractivity contribution is -0.119. The molecular weight excluding hydrogens is 364 g/mol. The van der Waals surface area contributed by atoms with Crippen LogP contribution in [0.1, 0.15) is 44.6 Å². The molecule has 0 aliphatic heterocycles. The summed E-state index contributed by atoms with van der Waals surface area (Å²) in [7, 11) is 0. The number of hydrogen-bond donors (Lipinski definition) is 2. The molecule has 0 bridgehead atoms. The van der Waals surface area contributed by atoms with Crippen molar-refractivity contribution in [2.75, 3.05) is 0 Å². The van der Waals surface area contributed by atoms with Crippen molar-refractivity contribution in [3.05, 3.63) is 29.8 Å². The largest absolute Gasteiger partial charge is 0.411 e. The summed E-state index contributed by atoms with van der Waals surface area (Å²) in [5, 5.41) is 13.1. The molecule has 1 aromatic carbocycles. The Morgan fingerprint density at radius 3 is 2.67 bits per heavy atom. The summed E-state index contributed by atoms with van der Waals surface area (Å²) in [6.07, 6.45) is 5.38. The third-order valence-electron chi connectivity index (χ3n) is 4.61. The smallest absolute Gasteiger partial charge is 0.321 e. The van der Waals surface area contributed by atoms with Crippen molar-refractivity contribution in [3.8, 4) is 11.5 Å². The number of thioether (sulfide) groups is 1. The highest BCUT2D eigenvalue weighted by Gasteiger charge is 2.22. The molecule has 1 saturated carbocycles. The Balaban J connectivity index is 1.52. The quantitative estimate of drug-likeness (QED) is 0.758.